The summed E-state index contributed by atoms with van der Waals surface area (Å²) >= 11 is 0. The lowest BCUT2D eigenvalue weighted by Crippen LogP contribution is -2.46. The van der Waals surface area contributed by atoms with E-state index in [1.54, 1.807) is 35.4 Å². The summed E-state index contributed by atoms with van der Waals surface area (Å²) in [6.45, 7) is 1.19. The highest BCUT2D eigenvalue weighted by molar-refractivity contribution is 5.74. The average molecular weight is 345 g/mol. The highest BCUT2D eigenvalue weighted by Crippen LogP contribution is 2.23. The van der Waals surface area contributed by atoms with Crippen molar-refractivity contribution >= 4 is 6.03 Å². The molecule has 3 rings (SSSR count). The van der Waals surface area contributed by atoms with Crippen molar-refractivity contribution in [2.24, 2.45) is 0 Å². The number of carbonyl (C=O) groups excluding carboxylic acids is 1. The van der Waals surface area contributed by atoms with Gasteiger partial charge in [0.25, 0.3) is 0 Å². The van der Waals surface area contributed by atoms with Crippen molar-refractivity contribution in [2.75, 3.05) is 13.1 Å². The maximum atomic E-state index is 13.3. The molecule has 1 aromatic heterocycles. The highest BCUT2D eigenvalue weighted by Gasteiger charge is 2.22. The molecule has 7 heteroatoms. The number of hydrogen-bond acceptors (Lipinski definition) is 4. The molecule has 1 aliphatic heterocycles. The number of likely N-dealkylation sites (tertiary alicyclic amines) is 1. The molecular weight excluding hydrogens is 325 g/mol. The Morgan fingerprint density at radius 2 is 2.28 bits per heavy atom. The summed E-state index contributed by atoms with van der Waals surface area (Å²) in [5.41, 5.74) is 0.678. The van der Waals surface area contributed by atoms with E-state index >= 15 is 0 Å². The molecule has 2 N–H and O–H groups in total. The zero-order valence-corrected chi connectivity index (χ0v) is 13.7. The Labute approximate surface area is 145 Å². The molecule has 0 aliphatic carbocycles. The minimum Gasteiger partial charge on any atom is -0.439 e. The van der Waals surface area contributed by atoms with Gasteiger partial charge < -0.3 is 20.1 Å². The number of urea groups is 1. The van der Waals surface area contributed by atoms with Crippen molar-refractivity contribution in [1.82, 2.24) is 15.2 Å². The van der Waals surface area contributed by atoms with Crippen LogP contribution in [0.2, 0.25) is 0 Å². The summed E-state index contributed by atoms with van der Waals surface area (Å²) in [4.78, 5) is 18.0. The van der Waals surface area contributed by atoms with Crippen molar-refractivity contribution in [3.63, 3.8) is 0 Å². The van der Waals surface area contributed by atoms with Crippen LogP contribution in [-0.4, -0.2) is 40.2 Å². The third-order valence-electron chi connectivity index (χ3n) is 3.97. The second-order valence-electron chi connectivity index (χ2n) is 5.93. The predicted molar refractivity (Wildman–Crippen MR) is 89.8 cm³/mol. The number of aromatic nitrogens is 1. The van der Waals surface area contributed by atoms with Gasteiger partial charge in [-0.3, -0.25) is 0 Å². The van der Waals surface area contributed by atoms with E-state index in [1.807, 2.05) is 0 Å². The van der Waals surface area contributed by atoms with Crippen molar-refractivity contribution < 1.29 is 19.0 Å². The van der Waals surface area contributed by atoms with Crippen molar-refractivity contribution in [3.05, 3.63) is 54.0 Å². The molecule has 1 aromatic carbocycles. The van der Waals surface area contributed by atoms with Gasteiger partial charge in [0.1, 0.15) is 11.6 Å². The monoisotopic (exact) mass is 345 g/mol. The number of nitrogens with one attached hydrogen (secondary N) is 1. The van der Waals surface area contributed by atoms with Gasteiger partial charge in [0.15, 0.2) is 0 Å². The van der Waals surface area contributed by atoms with Crippen LogP contribution in [0.25, 0.3) is 0 Å². The van der Waals surface area contributed by atoms with Gasteiger partial charge >= 0.3 is 6.03 Å². The molecule has 132 valence electrons. The Kier molecular flexibility index (Phi) is 5.45. The number of nitrogens with zero attached hydrogens (tertiary/aromatic N) is 2. The second-order valence-corrected chi connectivity index (χ2v) is 5.93. The lowest BCUT2D eigenvalue weighted by Gasteiger charge is -2.30. The van der Waals surface area contributed by atoms with E-state index < -0.39 is 11.9 Å². The van der Waals surface area contributed by atoms with Crippen molar-refractivity contribution in [1.29, 1.82) is 0 Å². The zero-order chi connectivity index (χ0) is 17.6. The molecule has 1 fully saturated rings. The lowest BCUT2D eigenvalue weighted by molar-refractivity contribution is 0.0841. The van der Waals surface area contributed by atoms with Crippen LogP contribution in [-0.2, 0) is 6.54 Å². The molecule has 0 spiro atoms. The summed E-state index contributed by atoms with van der Waals surface area (Å²) in [5.74, 6) is 0.254. The predicted octanol–water partition coefficient (Wildman–Crippen LogP) is 2.68. The lowest BCUT2D eigenvalue weighted by atomic mass is 10.1. The number of aliphatic hydroxyl groups is 1. The van der Waals surface area contributed by atoms with Crippen LogP contribution >= 0.6 is 0 Å². The molecule has 2 aromatic rings. The number of benzene rings is 1. The first-order chi connectivity index (χ1) is 12.1. The van der Waals surface area contributed by atoms with Gasteiger partial charge in [0, 0.05) is 37.5 Å². The molecule has 0 bridgehead atoms. The fraction of sp³-hybridized carbons (Fsp3) is 0.333. The fourth-order valence-electron chi connectivity index (χ4n) is 2.71. The number of halogens is 1. The molecule has 2 heterocycles. The van der Waals surface area contributed by atoms with Gasteiger partial charge in [0.2, 0.25) is 5.88 Å². The van der Waals surface area contributed by atoms with Crippen LogP contribution in [0.15, 0.2) is 42.6 Å². The summed E-state index contributed by atoms with van der Waals surface area (Å²) in [6, 6.07) is 9.08. The molecule has 0 radical (unpaired) electrons. The first kappa shape index (κ1) is 17.2. The third-order valence-corrected chi connectivity index (χ3v) is 3.97. The molecule has 6 nitrogen and oxygen atoms in total. The molecule has 25 heavy (non-hydrogen) atoms. The number of piperidine rings is 1. The van der Waals surface area contributed by atoms with Crippen LogP contribution in [0.1, 0.15) is 18.4 Å². The quantitative estimate of drug-likeness (QED) is 0.893. The average Bonchev–Trinajstić information content (AvgIpc) is 2.61. The topological polar surface area (TPSA) is 74.7 Å². The molecule has 1 atom stereocenters. The maximum Gasteiger partial charge on any atom is 0.317 e. The SMILES string of the molecule is O=C(NCc1cccnc1Oc1cccc(F)c1)N1CCC[C@H](O)C1. The molecule has 1 saturated heterocycles. The first-order valence-corrected chi connectivity index (χ1v) is 8.20. The van der Waals surface area contributed by atoms with Gasteiger partial charge in [-0.1, -0.05) is 12.1 Å². The van der Waals surface area contributed by atoms with E-state index in [0.717, 1.165) is 12.8 Å². The van der Waals surface area contributed by atoms with E-state index in [-0.39, 0.29) is 12.6 Å². The van der Waals surface area contributed by atoms with Gasteiger partial charge in [-0.2, -0.15) is 0 Å². The molecular formula is C18H20FN3O3. The molecule has 1 aliphatic rings. The number of amides is 2. The Morgan fingerprint density at radius 3 is 3.08 bits per heavy atom. The Bertz CT molecular complexity index is 741. The van der Waals surface area contributed by atoms with Crippen LogP contribution in [0.5, 0.6) is 11.6 Å². The number of aliphatic hydroxyl groups excluding tert-OH is 1. The van der Waals surface area contributed by atoms with Gasteiger partial charge in [-0.05, 0) is 31.0 Å². The van der Waals surface area contributed by atoms with Crippen LogP contribution in [0, 0.1) is 5.82 Å². The molecule has 0 unspecified atom stereocenters. The fourth-order valence-corrected chi connectivity index (χ4v) is 2.71. The smallest absolute Gasteiger partial charge is 0.317 e. The highest BCUT2D eigenvalue weighted by atomic mass is 19.1. The maximum absolute atomic E-state index is 13.3. The minimum absolute atomic E-state index is 0.226. The Hall–Kier alpha value is -2.67. The number of carbonyl (C=O) groups is 1. The summed E-state index contributed by atoms with van der Waals surface area (Å²) < 4.78 is 18.9. The minimum atomic E-state index is -0.468. The molecule has 0 saturated carbocycles. The second kappa shape index (κ2) is 7.94. The van der Waals surface area contributed by atoms with E-state index in [0.29, 0.717) is 30.3 Å². The molecule has 2 amide bonds. The zero-order valence-electron chi connectivity index (χ0n) is 13.7. The summed E-state index contributed by atoms with van der Waals surface area (Å²) in [5, 5.41) is 12.5. The summed E-state index contributed by atoms with van der Waals surface area (Å²) in [7, 11) is 0. The van der Waals surface area contributed by atoms with E-state index in [1.165, 1.54) is 12.1 Å². The number of rotatable bonds is 4. The Morgan fingerprint density at radius 1 is 1.40 bits per heavy atom. The Balaban J connectivity index is 1.63. The van der Waals surface area contributed by atoms with Gasteiger partial charge in [-0.15, -0.1) is 0 Å². The first-order valence-electron chi connectivity index (χ1n) is 8.20. The van der Waals surface area contributed by atoms with E-state index in [2.05, 4.69) is 10.3 Å². The van der Waals surface area contributed by atoms with Crippen LogP contribution < -0.4 is 10.1 Å². The summed E-state index contributed by atoms with van der Waals surface area (Å²) in [6.07, 6.45) is 2.61. The van der Waals surface area contributed by atoms with Gasteiger partial charge in [-0.25, -0.2) is 14.2 Å². The number of hydrogen-bond donors (Lipinski definition) is 2. The van der Waals surface area contributed by atoms with E-state index in [9.17, 15) is 14.3 Å². The van der Waals surface area contributed by atoms with Crippen molar-refractivity contribution in [2.45, 2.75) is 25.5 Å². The standard InChI is InChI=1S/C18H20FN3O3/c19-14-5-1-7-16(10-14)25-17-13(4-2-8-20-17)11-21-18(24)22-9-3-6-15(23)12-22/h1-2,4-5,7-8,10,15,23H,3,6,9,11-12H2,(H,21,24)/t15-/m0/s1. The third kappa shape index (κ3) is 4.67. The number of ether oxygens (including phenoxy) is 1. The van der Waals surface area contributed by atoms with Crippen molar-refractivity contribution in [3.8, 4) is 11.6 Å². The van der Waals surface area contributed by atoms with Crippen LogP contribution in [0.4, 0.5) is 9.18 Å². The number of β-amino-alcohol motifs (C(OH)–C–C–N with tert-alkyl or cyclic N) is 1. The van der Waals surface area contributed by atoms with Crippen LogP contribution in [0.3, 0.4) is 0 Å². The van der Waals surface area contributed by atoms with Gasteiger partial charge in [0.05, 0.1) is 6.10 Å². The normalized spacial score (nSPS) is 17.2. The number of pyridine rings is 1. The largest absolute Gasteiger partial charge is 0.439 e. The van der Waals surface area contributed by atoms with E-state index in [4.69, 9.17) is 4.74 Å².